The Kier molecular flexibility index (Phi) is 2.11. The van der Waals surface area contributed by atoms with Crippen molar-refractivity contribution in [1.82, 2.24) is 0 Å². The molecule has 0 aliphatic heterocycles. The van der Waals surface area contributed by atoms with Crippen molar-refractivity contribution in [2.75, 3.05) is 0 Å². The number of aliphatic hydroxyl groups is 1. The maximum absolute atomic E-state index is 10.7. The summed E-state index contributed by atoms with van der Waals surface area (Å²) in [5, 5.41) is 10.7. The zero-order valence-electron chi connectivity index (χ0n) is 11.2. The lowest BCUT2D eigenvalue weighted by molar-refractivity contribution is -0.0302. The van der Waals surface area contributed by atoms with E-state index in [1.54, 1.807) is 0 Å². The summed E-state index contributed by atoms with van der Waals surface area (Å²) < 4.78 is 0. The van der Waals surface area contributed by atoms with Crippen LogP contribution >= 0.6 is 0 Å². The minimum atomic E-state index is -0.376. The van der Waals surface area contributed by atoms with Crippen molar-refractivity contribution in [2.45, 2.75) is 59.0 Å². The quantitative estimate of drug-likeness (QED) is 0.665. The van der Waals surface area contributed by atoms with Crippen LogP contribution in [0.3, 0.4) is 0 Å². The summed E-state index contributed by atoms with van der Waals surface area (Å²) in [5.41, 5.74) is 0.191. The molecule has 0 bridgehead atoms. The molecular formula is C15H26O. The molecule has 6 atom stereocenters. The Balaban J connectivity index is 1.94. The van der Waals surface area contributed by atoms with E-state index in [0.29, 0.717) is 11.3 Å². The molecule has 16 heavy (non-hydrogen) atoms. The maximum atomic E-state index is 10.7. The van der Waals surface area contributed by atoms with Gasteiger partial charge in [0.05, 0.1) is 5.60 Å². The van der Waals surface area contributed by atoms with E-state index in [9.17, 15) is 5.11 Å². The third-order valence-electron chi connectivity index (χ3n) is 6.37. The standard InChI is InChI=1S/C15H26O/c1-9-5-6-10-12(9)13-11(14(13,2)3)7-8-15(10,4)16/h9-13,16H,5-8H2,1-4H3/t9-,10?,11-,12?,13-,15-/m0/s1. The molecule has 3 saturated carbocycles. The van der Waals surface area contributed by atoms with Crippen LogP contribution in [-0.4, -0.2) is 10.7 Å². The summed E-state index contributed by atoms with van der Waals surface area (Å²) in [7, 11) is 0. The summed E-state index contributed by atoms with van der Waals surface area (Å²) in [4.78, 5) is 0. The number of rotatable bonds is 0. The molecule has 3 aliphatic rings. The van der Waals surface area contributed by atoms with Crippen LogP contribution in [0.2, 0.25) is 0 Å². The Morgan fingerprint density at radius 3 is 2.38 bits per heavy atom. The van der Waals surface area contributed by atoms with Crippen LogP contribution in [-0.2, 0) is 0 Å². The van der Waals surface area contributed by atoms with Crippen molar-refractivity contribution < 1.29 is 5.11 Å². The average Bonchev–Trinajstić information content (AvgIpc) is 2.51. The maximum Gasteiger partial charge on any atom is 0.0650 e. The van der Waals surface area contributed by atoms with Gasteiger partial charge in [-0.25, -0.2) is 0 Å². The molecule has 0 radical (unpaired) electrons. The molecule has 92 valence electrons. The first-order valence-corrected chi connectivity index (χ1v) is 7.08. The second kappa shape index (κ2) is 3.04. The van der Waals surface area contributed by atoms with Gasteiger partial charge in [0.25, 0.3) is 0 Å². The summed E-state index contributed by atoms with van der Waals surface area (Å²) in [5.74, 6) is 4.03. The Bertz CT molecular complexity index is 305. The second-order valence-corrected chi connectivity index (χ2v) is 7.59. The van der Waals surface area contributed by atoms with Gasteiger partial charge in [0, 0.05) is 0 Å². The van der Waals surface area contributed by atoms with Crippen LogP contribution in [0.15, 0.2) is 0 Å². The number of hydrogen-bond donors (Lipinski definition) is 1. The molecule has 0 aromatic rings. The Morgan fingerprint density at radius 2 is 1.69 bits per heavy atom. The highest BCUT2D eigenvalue weighted by atomic mass is 16.3. The van der Waals surface area contributed by atoms with E-state index in [2.05, 4.69) is 27.7 Å². The van der Waals surface area contributed by atoms with E-state index in [0.717, 1.165) is 30.1 Å². The van der Waals surface area contributed by atoms with Crippen LogP contribution in [0, 0.1) is 35.0 Å². The fourth-order valence-electron chi connectivity index (χ4n) is 5.29. The topological polar surface area (TPSA) is 20.2 Å². The van der Waals surface area contributed by atoms with Gasteiger partial charge in [-0.15, -0.1) is 0 Å². The van der Waals surface area contributed by atoms with E-state index >= 15 is 0 Å². The van der Waals surface area contributed by atoms with Gasteiger partial charge in [0.15, 0.2) is 0 Å². The van der Waals surface area contributed by atoms with E-state index in [4.69, 9.17) is 0 Å². The van der Waals surface area contributed by atoms with Crippen LogP contribution in [0.4, 0.5) is 0 Å². The first-order chi connectivity index (χ1) is 7.36. The summed E-state index contributed by atoms with van der Waals surface area (Å²) >= 11 is 0. The summed E-state index contributed by atoms with van der Waals surface area (Å²) in [6.07, 6.45) is 4.89. The Hall–Kier alpha value is -0.0400. The van der Waals surface area contributed by atoms with Gasteiger partial charge in [-0.1, -0.05) is 27.2 Å². The second-order valence-electron chi connectivity index (χ2n) is 7.59. The highest BCUT2D eigenvalue weighted by Gasteiger charge is 2.66. The highest BCUT2D eigenvalue weighted by Crippen LogP contribution is 2.71. The monoisotopic (exact) mass is 222 g/mol. The minimum Gasteiger partial charge on any atom is -0.390 e. The van der Waals surface area contributed by atoms with Crippen molar-refractivity contribution in [3.63, 3.8) is 0 Å². The fraction of sp³-hybridized carbons (Fsp3) is 1.00. The lowest BCUT2D eigenvalue weighted by atomic mass is 9.74. The molecule has 3 rings (SSSR count). The largest absolute Gasteiger partial charge is 0.390 e. The van der Waals surface area contributed by atoms with Crippen LogP contribution in [0.5, 0.6) is 0 Å². The number of fused-ring (bicyclic) bond motifs is 3. The summed E-state index contributed by atoms with van der Waals surface area (Å²) in [6, 6.07) is 0. The average molecular weight is 222 g/mol. The van der Waals surface area contributed by atoms with E-state index < -0.39 is 0 Å². The molecule has 3 aliphatic carbocycles. The van der Waals surface area contributed by atoms with Crippen molar-refractivity contribution in [3.8, 4) is 0 Å². The first-order valence-electron chi connectivity index (χ1n) is 7.08. The van der Waals surface area contributed by atoms with Crippen LogP contribution < -0.4 is 0 Å². The predicted molar refractivity (Wildman–Crippen MR) is 66.0 cm³/mol. The zero-order valence-corrected chi connectivity index (χ0v) is 11.2. The van der Waals surface area contributed by atoms with E-state index in [-0.39, 0.29) is 5.60 Å². The minimum absolute atomic E-state index is 0.376. The first kappa shape index (κ1) is 11.1. The van der Waals surface area contributed by atoms with E-state index in [1.165, 1.54) is 19.3 Å². The normalized spacial score (nSPS) is 58.7. The Morgan fingerprint density at radius 1 is 1.00 bits per heavy atom. The number of hydrogen-bond acceptors (Lipinski definition) is 1. The van der Waals surface area contributed by atoms with Gasteiger partial charge in [-0.05, 0) is 61.2 Å². The highest BCUT2D eigenvalue weighted by molar-refractivity contribution is 5.14. The van der Waals surface area contributed by atoms with Gasteiger partial charge < -0.3 is 5.11 Å². The van der Waals surface area contributed by atoms with E-state index in [1.807, 2.05) is 0 Å². The molecule has 1 heteroatoms. The van der Waals surface area contributed by atoms with Gasteiger partial charge in [-0.3, -0.25) is 0 Å². The van der Waals surface area contributed by atoms with Gasteiger partial charge >= 0.3 is 0 Å². The SMILES string of the molecule is C[C@H]1CCC2C1[C@@H]1[C@H](CC[C@]2(C)O)C1(C)C. The smallest absolute Gasteiger partial charge is 0.0650 e. The van der Waals surface area contributed by atoms with Gasteiger partial charge in [0.1, 0.15) is 0 Å². The molecular weight excluding hydrogens is 196 g/mol. The molecule has 0 spiro atoms. The molecule has 3 fully saturated rings. The molecule has 0 aromatic carbocycles. The zero-order chi connectivity index (χ0) is 11.7. The third-order valence-corrected chi connectivity index (χ3v) is 6.37. The summed E-state index contributed by atoms with van der Waals surface area (Å²) in [6.45, 7) is 9.41. The fourth-order valence-corrected chi connectivity index (χ4v) is 5.29. The van der Waals surface area contributed by atoms with Crippen molar-refractivity contribution in [1.29, 1.82) is 0 Å². The van der Waals surface area contributed by atoms with Crippen molar-refractivity contribution >= 4 is 0 Å². The van der Waals surface area contributed by atoms with Crippen molar-refractivity contribution in [3.05, 3.63) is 0 Å². The van der Waals surface area contributed by atoms with Crippen molar-refractivity contribution in [2.24, 2.45) is 35.0 Å². The molecule has 0 amide bonds. The van der Waals surface area contributed by atoms with Gasteiger partial charge in [0.2, 0.25) is 0 Å². The van der Waals surface area contributed by atoms with Gasteiger partial charge in [-0.2, -0.15) is 0 Å². The molecule has 0 aromatic heterocycles. The molecule has 0 heterocycles. The molecule has 0 saturated heterocycles. The lowest BCUT2D eigenvalue weighted by Crippen LogP contribution is -2.38. The lowest BCUT2D eigenvalue weighted by Gasteiger charge is -2.35. The van der Waals surface area contributed by atoms with Crippen LogP contribution in [0.1, 0.15) is 53.4 Å². The third kappa shape index (κ3) is 1.27. The predicted octanol–water partition coefficient (Wildman–Crippen LogP) is 3.47. The molecule has 1 nitrogen and oxygen atoms in total. The molecule has 2 unspecified atom stereocenters. The Labute approximate surface area is 99.6 Å². The molecule has 1 N–H and O–H groups in total. The van der Waals surface area contributed by atoms with Crippen LogP contribution in [0.25, 0.3) is 0 Å².